The molecule has 1 aromatic heterocycles. The van der Waals surface area contributed by atoms with Gasteiger partial charge in [0, 0.05) is 23.9 Å². The van der Waals surface area contributed by atoms with Gasteiger partial charge in [-0.1, -0.05) is 19.3 Å². The van der Waals surface area contributed by atoms with Gasteiger partial charge in [-0.15, -0.1) is 0 Å². The Morgan fingerprint density at radius 2 is 1.94 bits per heavy atom. The molecule has 1 aromatic rings. The second-order valence-electron chi connectivity index (χ2n) is 5.55. The van der Waals surface area contributed by atoms with Crippen LogP contribution in [0.3, 0.4) is 0 Å². The van der Waals surface area contributed by atoms with E-state index in [0.29, 0.717) is 6.04 Å². The molecule has 1 atom stereocenters. The Morgan fingerprint density at radius 1 is 1.12 bits per heavy atom. The number of aromatic nitrogens is 2. The van der Waals surface area contributed by atoms with Crippen molar-refractivity contribution in [1.82, 2.24) is 9.55 Å². The molecule has 0 radical (unpaired) electrons. The average molecular weight is 218 g/mol. The van der Waals surface area contributed by atoms with E-state index < -0.39 is 0 Å². The van der Waals surface area contributed by atoms with Crippen LogP contribution in [0.15, 0.2) is 6.20 Å². The van der Waals surface area contributed by atoms with E-state index in [9.17, 15) is 0 Å². The van der Waals surface area contributed by atoms with Crippen LogP contribution in [0.2, 0.25) is 0 Å². The lowest BCUT2D eigenvalue weighted by Crippen LogP contribution is -2.20. The molecule has 2 aliphatic rings. The maximum Gasteiger partial charge on any atom is 0.112 e. The molecular formula is C14H22N2. The molecule has 0 saturated heterocycles. The lowest BCUT2D eigenvalue weighted by atomic mass is 9.88. The molecule has 0 aromatic carbocycles. The van der Waals surface area contributed by atoms with Crippen LogP contribution in [0, 0.1) is 0 Å². The van der Waals surface area contributed by atoms with Crippen molar-refractivity contribution >= 4 is 0 Å². The van der Waals surface area contributed by atoms with Crippen LogP contribution in [0.5, 0.6) is 0 Å². The van der Waals surface area contributed by atoms with Crippen molar-refractivity contribution in [3.05, 3.63) is 17.7 Å². The lowest BCUT2D eigenvalue weighted by Gasteiger charge is -2.28. The highest BCUT2D eigenvalue weighted by molar-refractivity contribution is 5.13. The summed E-state index contributed by atoms with van der Waals surface area (Å²) in [5.74, 6) is 2.16. The Kier molecular flexibility index (Phi) is 2.74. The zero-order valence-electron chi connectivity index (χ0n) is 10.3. The smallest absolute Gasteiger partial charge is 0.112 e. The predicted octanol–water partition coefficient (Wildman–Crippen LogP) is 3.83. The van der Waals surface area contributed by atoms with E-state index in [1.54, 1.807) is 0 Å². The Bertz CT molecular complexity index is 361. The highest BCUT2D eigenvalue weighted by Crippen LogP contribution is 2.36. The maximum absolute atomic E-state index is 4.73. The van der Waals surface area contributed by atoms with E-state index in [-0.39, 0.29) is 0 Å². The van der Waals surface area contributed by atoms with Gasteiger partial charge in [-0.2, -0.15) is 0 Å². The van der Waals surface area contributed by atoms with E-state index in [1.165, 1.54) is 62.9 Å². The maximum atomic E-state index is 4.73. The van der Waals surface area contributed by atoms with E-state index >= 15 is 0 Å². The molecule has 1 aliphatic carbocycles. The highest BCUT2D eigenvalue weighted by Gasteiger charge is 2.25. The molecule has 1 aliphatic heterocycles. The monoisotopic (exact) mass is 218 g/mol. The molecule has 0 spiro atoms. The summed E-state index contributed by atoms with van der Waals surface area (Å²) in [7, 11) is 0. The molecule has 2 heteroatoms. The molecule has 0 N–H and O–H groups in total. The summed E-state index contributed by atoms with van der Waals surface area (Å²) in [5, 5.41) is 0. The summed E-state index contributed by atoms with van der Waals surface area (Å²) in [6.45, 7) is 2.36. The fourth-order valence-electron chi connectivity index (χ4n) is 3.48. The van der Waals surface area contributed by atoms with Gasteiger partial charge >= 0.3 is 0 Å². The average Bonchev–Trinajstić information content (AvgIpc) is 2.75. The van der Waals surface area contributed by atoms with Crippen molar-refractivity contribution in [2.45, 2.75) is 70.3 Å². The fourth-order valence-corrected chi connectivity index (χ4v) is 3.48. The van der Waals surface area contributed by atoms with Crippen molar-refractivity contribution in [1.29, 1.82) is 0 Å². The molecular weight excluding hydrogens is 196 g/mol. The summed E-state index contributed by atoms with van der Waals surface area (Å²) < 4.78 is 2.56. The molecule has 2 heterocycles. The number of rotatable bonds is 1. The normalized spacial score (nSPS) is 26.7. The Labute approximate surface area is 98.1 Å². The summed E-state index contributed by atoms with van der Waals surface area (Å²) in [6.07, 6.45) is 13.0. The van der Waals surface area contributed by atoms with Crippen LogP contribution in [-0.4, -0.2) is 9.55 Å². The Balaban J connectivity index is 1.91. The van der Waals surface area contributed by atoms with Gasteiger partial charge in [-0.05, 0) is 39.0 Å². The van der Waals surface area contributed by atoms with E-state index in [1.807, 2.05) is 0 Å². The number of nitrogens with zero attached hydrogens (tertiary/aromatic N) is 2. The molecule has 0 bridgehead atoms. The highest BCUT2D eigenvalue weighted by atomic mass is 15.1. The van der Waals surface area contributed by atoms with Crippen molar-refractivity contribution in [2.24, 2.45) is 0 Å². The Hall–Kier alpha value is -0.790. The van der Waals surface area contributed by atoms with Crippen molar-refractivity contribution in [3.63, 3.8) is 0 Å². The number of hydrogen-bond donors (Lipinski definition) is 0. The topological polar surface area (TPSA) is 17.8 Å². The molecule has 1 saturated carbocycles. The van der Waals surface area contributed by atoms with E-state index in [0.717, 1.165) is 5.92 Å². The standard InChI is InChI=1S/C14H22N2/c1-11-6-5-9-13-10-15-14(16(11)13)12-7-3-2-4-8-12/h10-12H,2-9H2,1H3. The first-order valence-corrected chi connectivity index (χ1v) is 6.92. The van der Waals surface area contributed by atoms with E-state index in [2.05, 4.69) is 17.7 Å². The number of hydrogen-bond acceptors (Lipinski definition) is 1. The number of fused-ring (bicyclic) bond motifs is 1. The number of aryl methyl sites for hydroxylation is 1. The summed E-state index contributed by atoms with van der Waals surface area (Å²) >= 11 is 0. The minimum atomic E-state index is 0.683. The van der Waals surface area contributed by atoms with Crippen LogP contribution >= 0.6 is 0 Å². The summed E-state index contributed by atoms with van der Waals surface area (Å²) in [6, 6.07) is 0.683. The first kappa shape index (κ1) is 10.4. The second-order valence-corrected chi connectivity index (χ2v) is 5.55. The van der Waals surface area contributed by atoms with Crippen LogP contribution in [0.4, 0.5) is 0 Å². The quantitative estimate of drug-likeness (QED) is 0.700. The molecule has 1 fully saturated rings. The van der Waals surface area contributed by atoms with Gasteiger partial charge in [0.2, 0.25) is 0 Å². The SMILES string of the molecule is CC1CCCc2cnc(C3CCCCC3)n21. The minimum Gasteiger partial charge on any atom is -0.329 e. The minimum absolute atomic E-state index is 0.683. The van der Waals surface area contributed by atoms with Crippen molar-refractivity contribution in [3.8, 4) is 0 Å². The first-order chi connectivity index (χ1) is 7.86. The lowest BCUT2D eigenvalue weighted by molar-refractivity contribution is 0.370. The third kappa shape index (κ3) is 1.68. The fraction of sp³-hybridized carbons (Fsp3) is 0.786. The van der Waals surface area contributed by atoms with Crippen LogP contribution in [0.1, 0.15) is 75.3 Å². The van der Waals surface area contributed by atoms with Gasteiger partial charge in [0.25, 0.3) is 0 Å². The molecule has 16 heavy (non-hydrogen) atoms. The van der Waals surface area contributed by atoms with Gasteiger partial charge in [-0.25, -0.2) is 4.98 Å². The summed E-state index contributed by atoms with van der Waals surface area (Å²) in [5.41, 5.74) is 1.49. The van der Waals surface area contributed by atoms with Gasteiger partial charge in [0.1, 0.15) is 5.82 Å². The van der Waals surface area contributed by atoms with Gasteiger partial charge in [0.15, 0.2) is 0 Å². The largest absolute Gasteiger partial charge is 0.329 e. The predicted molar refractivity (Wildman–Crippen MR) is 65.7 cm³/mol. The third-order valence-electron chi connectivity index (χ3n) is 4.37. The molecule has 0 amide bonds. The summed E-state index contributed by atoms with van der Waals surface area (Å²) in [4.78, 5) is 4.73. The third-order valence-corrected chi connectivity index (χ3v) is 4.37. The van der Waals surface area contributed by atoms with Crippen LogP contribution in [-0.2, 0) is 6.42 Å². The molecule has 88 valence electrons. The Morgan fingerprint density at radius 3 is 2.75 bits per heavy atom. The second kappa shape index (κ2) is 4.23. The molecule has 1 unspecified atom stereocenters. The van der Waals surface area contributed by atoms with Crippen LogP contribution < -0.4 is 0 Å². The van der Waals surface area contributed by atoms with Gasteiger partial charge in [0.05, 0.1) is 0 Å². The van der Waals surface area contributed by atoms with E-state index in [4.69, 9.17) is 4.98 Å². The molecule has 2 nitrogen and oxygen atoms in total. The zero-order chi connectivity index (χ0) is 11.0. The van der Waals surface area contributed by atoms with Crippen molar-refractivity contribution < 1.29 is 0 Å². The van der Waals surface area contributed by atoms with Gasteiger partial charge < -0.3 is 4.57 Å². The number of imidazole rings is 1. The molecule has 3 rings (SSSR count). The van der Waals surface area contributed by atoms with Crippen LogP contribution in [0.25, 0.3) is 0 Å². The van der Waals surface area contributed by atoms with Crippen molar-refractivity contribution in [2.75, 3.05) is 0 Å². The zero-order valence-corrected chi connectivity index (χ0v) is 10.3. The van der Waals surface area contributed by atoms with Gasteiger partial charge in [-0.3, -0.25) is 0 Å². The first-order valence-electron chi connectivity index (χ1n) is 6.92.